The van der Waals surface area contributed by atoms with E-state index >= 15 is 0 Å². The van der Waals surface area contributed by atoms with Crippen LogP contribution in [-0.2, 0) is 23.7 Å². The number of rotatable bonds is 19. The number of esters is 1. The van der Waals surface area contributed by atoms with Gasteiger partial charge in [-0.05, 0) is 50.3 Å². The van der Waals surface area contributed by atoms with Crippen molar-refractivity contribution in [2.75, 3.05) is 53.4 Å². The molecule has 1 aromatic carbocycles. The van der Waals surface area contributed by atoms with Crippen LogP contribution in [0.5, 0.6) is 5.75 Å². The van der Waals surface area contributed by atoms with Crippen molar-refractivity contribution in [3.63, 3.8) is 0 Å². The molecule has 1 unspecified atom stereocenters. The smallest absolute Gasteiger partial charge is 0.305 e. The van der Waals surface area contributed by atoms with E-state index in [2.05, 4.69) is 4.74 Å². The molecule has 0 radical (unpaired) electrons. The summed E-state index contributed by atoms with van der Waals surface area (Å²) in [4.78, 5) is 10.9. The van der Waals surface area contributed by atoms with Gasteiger partial charge in [-0.2, -0.15) is 0 Å². The normalized spacial score (nSPS) is 12.0. The Morgan fingerprint density at radius 2 is 1.47 bits per heavy atom. The first-order valence-corrected chi connectivity index (χ1v) is 10.9. The molecular weight excluding hydrogens is 386 g/mol. The molecule has 0 saturated carbocycles. The van der Waals surface area contributed by atoms with Crippen molar-refractivity contribution < 1.29 is 28.5 Å². The summed E-state index contributed by atoms with van der Waals surface area (Å²) in [6, 6.07) is 8.01. The Kier molecular flexibility index (Phi) is 15.9. The van der Waals surface area contributed by atoms with Crippen LogP contribution >= 0.6 is 0 Å². The molecular formula is C23H39NO6. The van der Waals surface area contributed by atoms with Crippen molar-refractivity contribution in [2.24, 2.45) is 5.73 Å². The third kappa shape index (κ3) is 14.3. The van der Waals surface area contributed by atoms with Crippen molar-refractivity contribution in [3.05, 3.63) is 29.8 Å². The number of methoxy groups -OCH3 is 1. The largest absolute Gasteiger partial charge is 0.494 e. The Morgan fingerprint density at radius 1 is 0.867 bits per heavy atom. The van der Waals surface area contributed by atoms with Gasteiger partial charge in [0, 0.05) is 25.7 Å². The first-order valence-electron chi connectivity index (χ1n) is 10.9. The zero-order valence-corrected chi connectivity index (χ0v) is 18.6. The Hall–Kier alpha value is -1.67. The molecule has 0 bridgehead atoms. The molecule has 1 atom stereocenters. The molecule has 30 heavy (non-hydrogen) atoms. The highest BCUT2D eigenvalue weighted by atomic mass is 16.5. The molecule has 0 amide bonds. The summed E-state index contributed by atoms with van der Waals surface area (Å²) in [5.41, 5.74) is 6.99. The Balaban J connectivity index is 1.80. The van der Waals surface area contributed by atoms with Crippen LogP contribution in [0.2, 0.25) is 0 Å². The molecule has 1 rings (SSSR count). The van der Waals surface area contributed by atoms with Crippen LogP contribution in [0.15, 0.2) is 24.3 Å². The van der Waals surface area contributed by atoms with E-state index in [9.17, 15) is 4.79 Å². The van der Waals surface area contributed by atoms with Crippen molar-refractivity contribution in [1.82, 2.24) is 0 Å². The third-order valence-electron chi connectivity index (χ3n) is 4.48. The molecule has 0 aliphatic rings. The lowest BCUT2D eigenvalue weighted by Crippen LogP contribution is -2.11. The maximum atomic E-state index is 10.9. The van der Waals surface area contributed by atoms with Crippen LogP contribution in [-0.4, -0.2) is 59.3 Å². The summed E-state index contributed by atoms with van der Waals surface area (Å²) in [6.45, 7) is 6.22. The number of carbonyl (C=O) groups is 1. The summed E-state index contributed by atoms with van der Waals surface area (Å²) in [7, 11) is 1.39. The summed E-state index contributed by atoms with van der Waals surface area (Å²) in [5, 5.41) is 0. The van der Waals surface area contributed by atoms with Crippen LogP contribution in [0.4, 0.5) is 0 Å². The van der Waals surface area contributed by atoms with Gasteiger partial charge in [0.1, 0.15) is 5.75 Å². The standard InChI is InChI=1S/C23H39NO6/c1-20(24)21-9-7-10-22(19-21)30-14-6-4-3-5-12-27-15-17-29-18-16-28-13-8-11-23(25)26-2/h7,9-10,19-20H,3-6,8,11-18,24H2,1-2H3. The van der Waals surface area contributed by atoms with Gasteiger partial charge < -0.3 is 29.4 Å². The number of nitrogens with two attached hydrogens (primary N) is 1. The molecule has 172 valence electrons. The molecule has 2 N–H and O–H groups in total. The van der Waals surface area contributed by atoms with E-state index in [1.54, 1.807) is 0 Å². The molecule has 7 heteroatoms. The second-order valence-electron chi connectivity index (χ2n) is 7.14. The van der Waals surface area contributed by atoms with Gasteiger partial charge in [0.25, 0.3) is 0 Å². The van der Waals surface area contributed by atoms with Crippen LogP contribution in [0.3, 0.4) is 0 Å². The second-order valence-corrected chi connectivity index (χ2v) is 7.14. The Morgan fingerprint density at radius 3 is 2.10 bits per heavy atom. The minimum atomic E-state index is -0.205. The minimum absolute atomic E-state index is 0.0246. The van der Waals surface area contributed by atoms with Crippen molar-refractivity contribution in [2.45, 2.75) is 51.5 Å². The van der Waals surface area contributed by atoms with E-state index in [1.165, 1.54) is 7.11 Å². The summed E-state index contributed by atoms with van der Waals surface area (Å²) in [5.74, 6) is 0.684. The van der Waals surface area contributed by atoms with E-state index in [4.69, 9.17) is 24.7 Å². The summed E-state index contributed by atoms with van der Waals surface area (Å²) in [6.07, 6.45) is 5.39. The topological polar surface area (TPSA) is 89.2 Å². The zero-order valence-electron chi connectivity index (χ0n) is 18.6. The molecule has 0 saturated heterocycles. The molecule has 0 heterocycles. The number of unbranched alkanes of at least 4 members (excludes halogenated alkanes) is 3. The number of ether oxygens (including phenoxy) is 5. The fourth-order valence-electron chi connectivity index (χ4n) is 2.70. The lowest BCUT2D eigenvalue weighted by atomic mass is 10.1. The van der Waals surface area contributed by atoms with Gasteiger partial charge in [0.15, 0.2) is 0 Å². The lowest BCUT2D eigenvalue weighted by molar-refractivity contribution is -0.141. The van der Waals surface area contributed by atoms with Gasteiger partial charge >= 0.3 is 5.97 Å². The average molecular weight is 426 g/mol. The molecule has 0 aromatic heterocycles. The third-order valence-corrected chi connectivity index (χ3v) is 4.48. The number of hydrogen-bond donors (Lipinski definition) is 1. The van der Waals surface area contributed by atoms with Gasteiger partial charge in [-0.15, -0.1) is 0 Å². The first kappa shape index (κ1) is 26.4. The monoisotopic (exact) mass is 425 g/mol. The molecule has 7 nitrogen and oxygen atoms in total. The quantitative estimate of drug-likeness (QED) is 0.267. The van der Waals surface area contributed by atoms with Crippen molar-refractivity contribution in [1.29, 1.82) is 0 Å². The highest BCUT2D eigenvalue weighted by Gasteiger charge is 2.01. The van der Waals surface area contributed by atoms with Crippen LogP contribution < -0.4 is 10.5 Å². The van der Waals surface area contributed by atoms with Gasteiger partial charge in [0.2, 0.25) is 0 Å². The average Bonchev–Trinajstić information content (AvgIpc) is 2.75. The van der Waals surface area contributed by atoms with Crippen LogP contribution in [0.1, 0.15) is 57.1 Å². The van der Waals surface area contributed by atoms with E-state index in [0.717, 1.165) is 50.2 Å². The van der Waals surface area contributed by atoms with E-state index in [-0.39, 0.29) is 12.0 Å². The minimum Gasteiger partial charge on any atom is -0.494 e. The molecule has 0 spiro atoms. The van der Waals surface area contributed by atoms with Crippen LogP contribution in [0.25, 0.3) is 0 Å². The fourth-order valence-corrected chi connectivity index (χ4v) is 2.70. The molecule has 0 aliphatic heterocycles. The fraction of sp³-hybridized carbons (Fsp3) is 0.696. The first-order chi connectivity index (χ1) is 14.6. The summed E-state index contributed by atoms with van der Waals surface area (Å²) < 4.78 is 26.7. The number of benzene rings is 1. The van der Waals surface area contributed by atoms with Crippen LogP contribution in [0, 0.1) is 0 Å². The zero-order chi connectivity index (χ0) is 21.9. The predicted molar refractivity (Wildman–Crippen MR) is 117 cm³/mol. The maximum absolute atomic E-state index is 10.9. The van der Waals surface area contributed by atoms with Crippen molar-refractivity contribution >= 4 is 5.97 Å². The summed E-state index contributed by atoms with van der Waals surface area (Å²) >= 11 is 0. The highest BCUT2D eigenvalue weighted by Crippen LogP contribution is 2.18. The number of carbonyl (C=O) groups excluding carboxylic acids is 1. The van der Waals surface area contributed by atoms with Gasteiger partial charge in [-0.3, -0.25) is 4.79 Å². The molecule has 1 aromatic rings. The molecule has 0 aliphatic carbocycles. The molecule has 0 fully saturated rings. The maximum Gasteiger partial charge on any atom is 0.305 e. The number of hydrogen-bond acceptors (Lipinski definition) is 7. The van der Waals surface area contributed by atoms with E-state index < -0.39 is 0 Å². The predicted octanol–water partition coefficient (Wildman–Crippen LogP) is 3.65. The van der Waals surface area contributed by atoms with Gasteiger partial charge in [-0.25, -0.2) is 0 Å². The van der Waals surface area contributed by atoms with Gasteiger partial charge in [0.05, 0.1) is 40.1 Å². The van der Waals surface area contributed by atoms with E-state index in [0.29, 0.717) is 45.9 Å². The highest BCUT2D eigenvalue weighted by molar-refractivity contribution is 5.68. The van der Waals surface area contributed by atoms with Crippen molar-refractivity contribution in [3.8, 4) is 5.75 Å². The second kappa shape index (κ2) is 18.1. The Bertz CT molecular complexity index is 552. The van der Waals surface area contributed by atoms with E-state index in [1.807, 2.05) is 31.2 Å². The SMILES string of the molecule is COC(=O)CCCOCCOCCOCCCCCCOc1cccc(C(C)N)c1. The Labute approximate surface area is 181 Å². The van der Waals surface area contributed by atoms with Gasteiger partial charge in [-0.1, -0.05) is 18.6 Å². The lowest BCUT2D eigenvalue weighted by Gasteiger charge is -2.10.